The van der Waals surface area contributed by atoms with E-state index in [0.717, 1.165) is 41.8 Å². The van der Waals surface area contributed by atoms with Crippen molar-refractivity contribution in [3.63, 3.8) is 0 Å². The Morgan fingerprint density at radius 3 is 2.72 bits per heavy atom. The van der Waals surface area contributed by atoms with Crippen molar-refractivity contribution in [1.29, 1.82) is 0 Å². The van der Waals surface area contributed by atoms with E-state index in [2.05, 4.69) is 15.1 Å². The summed E-state index contributed by atoms with van der Waals surface area (Å²) in [6.45, 7) is 7.46. The van der Waals surface area contributed by atoms with E-state index in [4.69, 9.17) is 6.57 Å². The Bertz CT molecular complexity index is 831. The number of urea groups is 1. The minimum Gasteiger partial charge on any atom is -0.318 e. The molecule has 2 bridgehead atoms. The molecule has 1 aliphatic carbocycles. The minimum absolute atomic E-state index is 0.0347. The number of carbonyl (C=O) groups is 1. The van der Waals surface area contributed by atoms with Crippen LogP contribution in [0.2, 0.25) is 0 Å². The first-order valence-electron chi connectivity index (χ1n) is 8.67. The van der Waals surface area contributed by atoms with Crippen LogP contribution in [0.3, 0.4) is 0 Å². The lowest BCUT2D eigenvalue weighted by molar-refractivity contribution is 0.0143. The Kier molecular flexibility index (Phi) is 3.89. The lowest BCUT2D eigenvalue weighted by atomic mass is 9.77. The highest BCUT2D eigenvalue weighted by Gasteiger charge is 2.51. The molecule has 2 amide bonds. The van der Waals surface area contributed by atoms with Gasteiger partial charge in [0.25, 0.3) is 12.6 Å². The Morgan fingerprint density at radius 2 is 2.04 bits per heavy atom. The van der Waals surface area contributed by atoms with Gasteiger partial charge < -0.3 is 10.2 Å². The van der Waals surface area contributed by atoms with Crippen molar-refractivity contribution in [2.24, 2.45) is 0 Å². The zero-order valence-electron chi connectivity index (χ0n) is 14.2. The van der Waals surface area contributed by atoms with Crippen LogP contribution in [0, 0.1) is 13.5 Å². The highest BCUT2D eigenvalue weighted by atomic mass is 16.2. The largest absolute Gasteiger partial charge is 0.322 e. The van der Waals surface area contributed by atoms with E-state index in [1.54, 1.807) is 6.20 Å². The number of piperidine rings is 1. The molecule has 126 valence electrons. The zero-order chi connectivity index (χ0) is 17.4. The standard InChI is InChI=1S/C20H20N4O/c1-13-6-7-14(11-18(13)19-5-3-4-8-22-19)23-20(25)24-16-9-15(21-2)10-17(24)12-16/h2-8,11,15-17H,9-10,12H2,1H3/p+1/t15?,16-,17?/m0/s1. The predicted octanol–water partition coefficient (Wildman–Crippen LogP) is 4.16. The third kappa shape index (κ3) is 2.85. The van der Waals surface area contributed by atoms with Crippen LogP contribution in [-0.4, -0.2) is 34.0 Å². The summed E-state index contributed by atoms with van der Waals surface area (Å²) in [7, 11) is 0. The van der Waals surface area contributed by atoms with Gasteiger partial charge >= 0.3 is 6.03 Å². The molecule has 3 fully saturated rings. The molecule has 1 saturated carbocycles. The lowest BCUT2D eigenvalue weighted by Crippen LogP contribution is -2.64. The average molecular weight is 333 g/mol. The summed E-state index contributed by atoms with van der Waals surface area (Å²) in [4.78, 5) is 22.9. The van der Waals surface area contributed by atoms with Crippen LogP contribution in [0.15, 0.2) is 42.6 Å². The number of amides is 2. The Balaban J connectivity index is 1.51. The van der Waals surface area contributed by atoms with E-state index in [1.807, 2.05) is 48.2 Å². The van der Waals surface area contributed by atoms with E-state index < -0.39 is 0 Å². The highest BCUT2D eigenvalue weighted by Crippen LogP contribution is 2.40. The number of benzene rings is 1. The monoisotopic (exact) mass is 333 g/mol. The Morgan fingerprint density at radius 1 is 1.24 bits per heavy atom. The Labute approximate surface area is 147 Å². The fourth-order valence-electron chi connectivity index (χ4n) is 3.98. The van der Waals surface area contributed by atoms with Crippen LogP contribution in [-0.2, 0) is 0 Å². The van der Waals surface area contributed by atoms with Crippen molar-refractivity contribution in [2.75, 3.05) is 5.32 Å². The second-order valence-electron chi connectivity index (χ2n) is 6.90. The van der Waals surface area contributed by atoms with Gasteiger partial charge in [0.05, 0.1) is 5.69 Å². The van der Waals surface area contributed by atoms with Gasteiger partial charge in [0.2, 0.25) is 0 Å². The summed E-state index contributed by atoms with van der Waals surface area (Å²) in [6.07, 6.45) is 4.58. The van der Waals surface area contributed by atoms with E-state index in [9.17, 15) is 4.79 Å². The number of fused-ring (bicyclic) bond motifs is 2. The molecule has 3 heterocycles. The maximum Gasteiger partial charge on any atom is 0.322 e. The fourth-order valence-corrected chi connectivity index (χ4v) is 3.98. The predicted molar refractivity (Wildman–Crippen MR) is 98.8 cm³/mol. The van der Waals surface area contributed by atoms with Gasteiger partial charge in [-0.05, 0) is 43.2 Å². The second-order valence-corrected chi connectivity index (χ2v) is 6.90. The maximum atomic E-state index is 12.7. The van der Waals surface area contributed by atoms with Crippen LogP contribution in [0.5, 0.6) is 0 Å². The third-order valence-corrected chi connectivity index (χ3v) is 5.29. The van der Waals surface area contributed by atoms with Gasteiger partial charge in [-0.1, -0.05) is 17.0 Å². The van der Waals surface area contributed by atoms with Gasteiger partial charge in [0.15, 0.2) is 0 Å². The molecule has 2 aromatic rings. The maximum absolute atomic E-state index is 12.7. The van der Waals surface area contributed by atoms with Gasteiger partial charge in [0.1, 0.15) is 0 Å². The molecule has 0 spiro atoms. The number of hydrogen-bond donors (Lipinski definition) is 1. The van der Waals surface area contributed by atoms with Gasteiger partial charge in [0, 0.05) is 42.4 Å². The molecule has 1 aromatic carbocycles. The normalized spacial score (nSPS) is 24.2. The van der Waals surface area contributed by atoms with Crippen molar-refractivity contribution in [3.05, 3.63) is 53.0 Å². The van der Waals surface area contributed by atoms with Crippen LogP contribution >= 0.6 is 0 Å². The number of rotatable bonds is 2. The van der Waals surface area contributed by atoms with E-state index >= 15 is 0 Å². The topological polar surface area (TPSA) is 49.6 Å². The molecule has 3 aliphatic rings. The van der Waals surface area contributed by atoms with Crippen molar-refractivity contribution < 1.29 is 4.79 Å². The van der Waals surface area contributed by atoms with Crippen molar-refractivity contribution in [3.8, 4) is 17.8 Å². The molecule has 5 nitrogen and oxygen atoms in total. The summed E-state index contributed by atoms with van der Waals surface area (Å²) in [5.41, 5.74) is 3.86. The number of nitrogens with one attached hydrogen (secondary N) is 1. The van der Waals surface area contributed by atoms with E-state index in [-0.39, 0.29) is 24.2 Å². The van der Waals surface area contributed by atoms with Crippen LogP contribution in [0.25, 0.3) is 16.1 Å². The number of pyridine rings is 1. The molecule has 1 aromatic heterocycles. The molecule has 1 N–H and O–H groups in total. The summed E-state index contributed by atoms with van der Waals surface area (Å²) in [5, 5.41) is 3.04. The first-order valence-corrected chi connectivity index (χ1v) is 8.67. The van der Waals surface area contributed by atoms with Crippen LogP contribution in [0.4, 0.5) is 10.5 Å². The van der Waals surface area contributed by atoms with Crippen molar-refractivity contribution >= 4 is 11.7 Å². The second kappa shape index (κ2) is 6.21. The molecule has 5 heteroatoms. The quantitative estimate of drug-likeness (QED) is 0.897. The number of hydrogen-bond acceptors (Lipinski definition) is 2. The van der Waals surface area contributed by atoms with Gasteiger partial charge in [-0.25, -0.2) is 4.79 Å². The molecule has 2 aliphatic heterocycles. The molecule has 3 atom stereocenters. The van der Waals surface area contributed by atoms with Gasteiger partial charge in [-0.3, -0.25) is 4.98 Å². The summed E-state index contributed by atoms with van der Waals surface area (Å²) in [5.74, 6) is 0. The van der Waals surface area contributed by atoms with Gasteiger partial charge in [-0.15, -0.1) is 0 Å². The third-order valence-electron chi connectivity index (χ3n) is 5.29. The fraction of sp³-hybridized carbons (Fsp3) is 0.350. The highest BCUT2D eigenvalue weighted by molar-refractivity contribution is 5.91. The van der Waals surface area contributed by atoms with E-state index in [0.29, 0.717) is 0 Å². The SMILES string of the molecule is C#[N+]C1CC2C[C@H](C1)N2C(=O)Nc1ccc(C)c(-c2ccccn2)c1. The number of carbonyl (C=O) groups excluding carboxylic acids is 1. The van der Waals surface area contributed by atoms with Crippen LogP contribution in [0.1, 0.15) is 24.8 Å². The van der Waals surface area contributed by atoms with E-state index in [1.165, 1.54) is 0 Å². The van der Waals surface area contributed by atoms with Crippen LogP contribution < -0.4 is 5.32 Å². The average Bonchev–Trinajstić information content (AvgIpc) is 2.64. The first kappa shape index (κ1) is 15.6. The molecule has 2 saturated heterocycles. The first-order chi connectivity index (χ1) is 12.2. The molecule has 5 rings (SSSR count). The minimum atomic E-state index is -0.0347. The summed E-state index contributed by atoms with van der Waals surface area (Å²) < 4.78 is 0. The Hall–Kier alpha value is -2.87. The number of aromatic nitrogens is 1. The molecule has 25 heavy (non-hydrogen) atoms. The number of anilines is 1. The number of aryl methyl sites for hydroxylation is 1. The number of nitrogens with zero attached hydrogens (tertiary/aromatic N) is 3. The molecular formula is C20H21N4O+. The molecule has 2 unspecified atom stereocenters. The van der Waals surface area contributed by atoms with Gasteiger partial charge in [-0.2, -0.15) is 0 Å². The lowest BCUT2D eigenvalue weighted by Gasteiger charge is -2.51. The van der Waals surface area contributed by atoms with Crippen molar-refractivity contribution in [1.82, 2.24) is 9.88 Å². The smallest absolute Gasteiger partial charge is 0.318 e. The zero-order valence-corrected chi connectivity index (χ0v) is 14.2. The molecule has 0 radical (unpaired) electrons. The summed E-state index contributed by atoms with van der Waals surface area (Å²) in [6, 6.07) is 12.5. The summed E-state index contributed by atoms with van der Waals surface area (Å²) >= 11 is 0. The molecular weight excluding hydrogens is 312 g/mol. The van der Waals surface area contributed by atoms with Crippen molar-refractivity contribution in [2.45, 2.75) is 44.3 Å².